The van der Waals surface area contributed by atoms with Crippen LogP contribution in [-0.2, 0) is 4.74 Å². The number of fused-ring (bicyclic) bond motifs is 1. The number of hydrogen-bond acceptors (Lipinski definition) is 6. The standard InChI is InChI=1S/C26H20O6/c1-15-4-8-19(9-5-15)26(29)32-21-13-12-20-23(27)22(31-24(20)16(21)2)14-17-6-10-18(11-7-17)25(28)30-3/h4-14H,1-3H3/b22-14-. The maximum Gasteiger partial charge on any atom is 0.343 e. The number of aryl methyl sites for hydroxylation is 1. The summed E-state index contributed by atoms with van der Waals surface area (Å²) in [6, 6.07) is 16.9. The molecule has 0 bridgehead atoms. The van der Waals surface area contributed by atoms with Crippen molar-refractivity contribution in [2.75, 3.05) is 7.11 Å². The summed E-state index contributed by atoms with van der Waals surface area (Å²) in [5.41, 5.74) is 3.53. The molecule has 0 aliphatic carbocycles. The van der Waals surface area contributed by atoms with E-state index in [0.717, 1.165) is 5.56 Å². The first-order valence-corrected chi connectivity index (χ1v) is 9.92. The molecular weight excluding hydrogens is 408 g/mol. The van der Waals surface area contributed by atoms with Gasteiger partial charge in [0.1, 0.15) is 11.5 Å². The average Bonchev–Trinajstić information content (AvgIpc) is 3.12. The van der Waals surface area contributed by atoms with Crippen molar-refractivity contribution >= 4 is 23.8 Å². The van der Waals surface area contributed by atoms with Gasteiger partial charge in [0.2, 0.25) is 5.78 Å². The fourth-order valence-corrected chi connectivity index (χ4v) is 3.31. The Morgan fingerprint density at radius 1 is 0.844 bits per heavy atom. The van der Waals surface area contributed by atoms with Gasteiger partial charge < -0.3 is 14.2 Å². The van der Waals surface area contributed by atoms with Crippen molar-refractivity contribution in [3.05, 3.63) is 99.8 Å². The second-order valence-corrected chi connectivity index (χ2v) is 7.37. The van der Waals surface area contributed by atoms with Gasteiger partial charge in [-0.1, -0.05) is 29.8 Å². The minimum atomic E-state index is -0.487. The number of hydrogen-bond donors (Lipinski definition) is 0. The largest absolute Gasteiger partial charge is 0.465 e. The monoisotopic (exact) mass is 428 g/mol. The first-order valence-electron chi connectivity index (χ1n) is 9.92. The summed E-state index contributed by atoms with van der Waals surface area (Å²) in [6.07, 6.45) is 1.60. The number of rotatable bonds is 4. The van der Waals surface area contributed by atoms with Crippen LogP contribution in [0.2, 0.25) is 0 Å². The lowest BCUT2D eigenvalue weighted by Crippen LogP contribution is -2.09. The van der Waals surface area contributed by atoms with Gasteiger partial charge in [-0.3, -0.25) is 4.79 Å². The molecule has 6 heteroatoms. The van der Waals surface area contributed by atoms with Gasteiger partial charge >= 0.3 is 11.9 Å². The zero-order valence-electron chi connectivity index (χ0n) is 17.8. The van der Waals surface area contributed by atoms with E-state index in [1.807, 2.05) is 19.1 Å². The van der Waals surface area contributed by atoms with E-state index in [9.17, 15) is 14.4 Å². The fraction of sp³-hybridized carbons (Fsp3) is 0.115. The van der Waals surface area contributed by atoms with Crippen LogP contribution < -0.4 is 9.47 Å². The molecule has 4 rings (SSSR count). The number of methoxy groups -OCH3 is 1. The molecule has 0 aromatic heterocycles. The van der Waals surface area contributed by atoms with Gasteiger partial charge in [-0.15, -0.1) is 0 Å². The van der Waals surface area contributed by atoms with Crippen molar-refractivity contribution in [3.63, 3.8) is 0 Å². The van der Waals surface area contributed by atoms with Crippen molar-refractivity contribution in [1.29, 1.82) is 0 Å². The number of ketones is 1. The van der Waals surface area contributed by atoms with Crippen molar-refractivity contribution in [3.8, 4) is 11.5 Å². The summed E-state index contributed by atoms with van der Waals surface area (Å²) in [6.45, 7) is 3.67. The van der Waals surface area contributed by atoms with Crippen LogP contribution in [0, 0.1) is 13.8 Å². The molecule has 0 fully saturated rings. The molecule has 0 amide bonds. The molecule has 0 unspecified atom stereocenters. The molecule has 32 heavy (non-hydrogen) atoms. The fourth-order valence-electron chi connectivity index (χ4n) is 3.31. The van der Waals surface area contributed by atoms with E-state index < -0.39 is 11.9 Å². The summed E-state index contributed by atoms with van der Waals surface area (Å²) >= 11 is 0. The van der Waals surface area contributed by atoms with E-state index in [2.05, 4.69) is 4.74 Å². The normalized spacial score (nSPS) is 13.5. The molecule has 0 saturated heterocycles. The summed E-state index contributed by atoms with van der Waals surface area (Å²) in [5.74, 6) is -0.355. The minimum Gasteiger partial charge on any atom is -0.465 e. The number of benzene rings is 3. The van der Waals surface area contributed by atoms with Gasteiger partial charge in [0.15, 0.2) is 5.76 Å². The van der Waals surface area contributed by atoms with Crippen LogP contribution in [0.15, 0.2) is 66.4 Å². The number of carbonyl (C=O) groups excluding carboxylic acids is 3. The molecule has 160 valence electrons. The van der Waals surface area contributed by atoms with Crippen LogP contribution in [0.5, 0.6) is 11.5 Å². The van der Waals surface area contributed by atoms with Crippen molar-refractivity contribution < 1.29 is 28.6 Å². The Kier molecular flexibility index (Phi) is 5.60. The SMILES string of the molecule is COC(=O)c1ccc(/C=C2\Oc3c(ccc(OC(=O)c4ccc(C)cc4)c3C)C2=O)cc1. The zero-order chi connectivity index (χ0) is 22.8. The molecule has 1 heterocycles. The molecule has 0 atom stereocenters. The molecular formula is C26H20O6. The third kappa shape index (κ3) is 4.03. The summed E-state index contributed by atoms with van der Waals surface area (Å²) in [7, 11) is 1.31. The van der Waals surface area contributed by atoms with Gasteiger partial charge in [-0.05, 0) is 61.9 Å². The lowest BCUT2D eigenvalue weighted by Gasteiger charge is -2.10. The number of Topliss-reactive ketones (excluding diaryl/α,β-unsaturated/α-hetero) is 1. The van der Waals surface area contributed by atoms with Gasteiger partial charge in [-0.2, -0.15) is 0 Å². The topological polar surface area (TPSA) is 78.9 Å². The predicted octanol–water partition coefficient (Wildman–Crippen LogP) is 4.93. The molecule has 1 aliphatic rings. The number of carbonyl (C=O) groups is 3. The highest BCUT2D eigenvalue weighted by Gasteiger charge is 2.30. The lowest BCUT2D eigenvalue weighted by molar-refractivity contribution is 0.0600. The molecule has 1 aliphatic heterocycles. The number of esters is 2. The van der Waals surface area contributed by atoms with Crippen LogP contribution in [-0.4, -0.2) is 24.8 Å². The molecule has 3 aromatic carbocycles. The molecule has 0 radical (unpaired) electrons. The molecule has 6 nitrogen and oxygen atoms in total. The highest BCUT2D eigenvalue weighted by Crippen LogP contribution is 2.39. The maximum atomic E-state index is 12.8. The Hall–Kier alpha value is -4.19. The minimum absolute atomic E-state index is 0.149. The highest BCUT2D eigenvalue weighted by atomic mass is 16.5. The van der Waals surface area contributed by atoms with Crippen LogP contribution in [0.25, 0.3) is 6.08 Å². The zero-order valence-corrected chi connectivity index (χ0v) is 17.8. The Labute approximate surface area is 185 Å². The van der Waals surface area contributed by atoms with Crippen LogP contribution in [0.3, 0.4) is 0 Å². The molecule has 3 aromatic rings. The Bertz CT molecular complexity index is 1250. The first kappa shape index (κ1) is 21.1. The molecule has 0 N–H and O–H groups in total. The molecule has 0 saturated carbocycles. The van der Waals surface area contributed by atoms with Crippen LogP contribution >= 0.6 is 0 Å². The quantitative estimate of drug-likeness (QED) is 0.333. The van der Waals surface area contributed by atoms with Crippen LogP contribution in [0.4, 0.5) is 0 Å². The predicted molar refractivity (Wildman–Crippen MR) is 118 cm³/mol. The maximum absolute atomic E-state index is 12.8. The van der Waals surface area contributed by atoms with Gasteiger partial charge in [-0.25, -0.2) is 9.59 Å². The Balaban J connectivity index is 1.56. The van der Waals surface area contributed by atoms with Crippen molar-refractivity contribution in [2.45, 2.75) is 13.8 Å². The van der Waals surface area contributed by atoms with E-state index in [4.69, 9.17) is 9.47 Å². The number of allylic oxidation sites excluding steroid dienone is 1. The van der Waals surface area contributed by atoms with E-state index in [1.54, 1.807) is 61.5 Å². The van der Waals surface area contributed by atoms with Crippen molar-refractivity contribution in [1.82, 2.24) is 0 Å². The van der Waals surface area contributed by atoms with E-state index >= 15 is 0 Å². The van der Waals surface area contributed by atoms with Gasteiger partial charge in [0.25, 0.3) is 0 Å². The second-order valence-electron chi connectivity index (χ2n) is 7.37. The van der Waals surface area contributed by atoms with E-state index in [0.29, 0.717) is 39.3 Å². The highest BCUT2D eigenvalue weighted by molar-refractivity contribution is 6.15. The third-order valence-electron chi connectivity index (χ3n) is 5.16. The summed E-state index contributed by atoms with van der Waals surface area (Å²) in [4.78, 5) is 36.8. The average molecular weight is 428 g/mol. The second kappa shape index (κ2) is 8.51. The van der Waals surface area contributed by atoms with Gasteiger partial charge in [0.05, 0.1) is 23.8 Å². The van der Waals surface area contributed by atoms with Crippen LogP contribution in [0.1, 0.15) is 47.8 Å². The van der Waals surface area contributed by atoms with E-state index in [-0.39, 0.29) is 11.5 Å². The van der Waals surface area contributed by atoms with E-state index in [1.165, 1.54) is 7.11 Å². The Morgan fingerprint density at radius 2 is 1.47 bits per heavy atom. The third-order valence-corrected chi connectivity index (χ3v) is 5.16. The van der Waals surface area contributed by atoms with Crippen molar-refractivity contribution in [2.24, 2.45) is 0 Å². The summed E-state index contributed by atoms with van der Waals surface area (Å²) in [5, 5.41) is 0. The summed E-state index contributed by atoms with van der Waals surface area (Å²) < 4.78 is 16.0. The smallest absolute Gasteiger partial charge is 0.343 e. The Morgan fingerprint density at radius 3 is 2.12 bits per heavy atom. The number of ether oxygens (including phenoxy) is 3. The first-order chi connectivity index (χ1) is 15.4. The lowest BCUT2D eigenvalue weighted by atomic mass is 10.1. The molecule has 0 spiro atoms. The van der Waals surface area contributed by atoms with Gasteiger partial charge in [0, 0.05) is 5.56 Å².